The third kappa shape index (κ3) is 3.57. The Hall–Kier alpha value is -1.23. The van der Waals surface area contributed by atoms with E-state index in [1.54, 1.807) is 22.6 Å². The minimum atomic E-state index is -1.74. The average molecular weight is 489 g/mol. The van der Waals surface area contributed by atoms with Gasteiger partial charge in [-0.2, -0.15) is 0 Å². The predicted octanol–water partition coefficient (Wildman–Crippen LogP) is 2.41. The molecule has 6 nitrogen and oxygen atoms in total. The van der Waals surface area contributed by atoms with Crippen molar-refractivity contribution in [3.05, 3.63) is 31.1 Å². The summed E-state index contributed by atoms with van der Waals surface area (Å²) in [6.45, 7) is 0. The monoisotopic (exact) mass is 488 g/mol. The number of halogens is 3. The van der Waals surface area contributed by atoms with E-state index in [9.17, 15) is 18.8 Å². The molecule has 120 valence electrons. The maximum Gasteiger partial charge on any atom is 0.338 e. The number of carbonyl (C=O) groups is 3. The molecule has 1 aromatic carbocycles. The van der Waals surface area contributed by atoms with Gasteiger partial charge in [0.2, 0.25) is 0 Å². The van der Waals surface area contributed by atoms with Crippen molar-refractivity contribution in [1.29, 1.82) is 0 Å². The van der Waals surface area contributed by atoms with Crippen molar-refractivity contribution in [1.82, 2.24) is 0 Å². The van der Waals surface area contributed by atoms with E-state index >= 15 is 0 Å². The molecule has 1 aromatic rings. The minimum Gasteiger partial charge on any atom is -0.468 e. The van der Waals surface area contributed by atoms with Gasteiger partial charge in [-0.15, -0.1) is 0 Å². The van der Waals surface area contributed by atoms with Crippen LogP contribution < -0.4 is 0 Å². The molecule has 1 rings (SSSR count). The second-order valence-corrected chi connectivity index (χ2v) is 5.87. The summed E-state index contributed by atoms with van der Waals surface area (Å²) < 4.78 is 28.6. The molecule has 0 aromatic heterocycles. The number of hydrogen-bond donors (Lipinski definition) is 0. The molecule has 0 aliphatic carbocycles. The maximum absolute atomic E-state index is 14.6. The number of hydrogen-bond acceptors (Lipinski definition) is 6. The van der Waals surface area contributed by atoms with Crippen molar-refractivity contribution in [2.75, 3.05) is 21.3 Å². The van der Waals surface area contributed by atoms with Crippen LogP contribution in [0.15, 0.2) is 10.5 Å². The van der Waals surface area contributed by atoms with Crippen LogP contribution in [-0.2, 0) is 23.8 Å². The minimum absolute atomic E-state index is 0.00793. The zero-order chi connectivity index (χ0) is 17.0. The van der Waals surface area contributed by atoms with Gasteiger partial charge in [-0.3, -0.25) is 9.59 Å². The van der Waals surface area contributed by atoms with Gasteiger partial charge < -0.3 is 14.2 Å². The van der Waals surface area contributed by atoms with Crippen molar-refractivity contribution in [3.63, 3.8) is 0 Å². The lowest BCUT2D eigenvalue weighted by Crippen LogP contribution is -2.28. The average Bonchev–Trinajstić information content (AvgIpc) is 2.53. The molecule has 0 amide bonds. The van der Waals surface area contributed by atoms with Crippen molar-refractivity contribution in [2.45, 2.75) is 5.92 Å². The Morgan fingerprint density at radius 1 is 1.14 bits per heavy atom. The highest BCUT2D eigenvalue weighted by molar-refractivity contribution is 14.1. The van der Waals surface area contributed by atoms with E-state index in [1.807, 2.05) is 0 Å². The van der Waals surface area contributed by atoms with Crippen LogP contribution in [0.1, 0.15) is 21.8 Å². The fourth-order valence-corrected chi connectivity index (χ4v) is 2.61. The van der Waals surface area contributed by atoms with Gasteiger partial charge in [0.15, 0.2) is 5.92 Å². The van der Waals surface area contributed by atoms with Gasteiger partial charge in [-0.25, -0.2) is 9.18 Å². The molecule has 22 heavy (non-hydrogen) atoms. The molecule has 0 fully saturated rings. The zero-order valence-corrected chi connectivity index (χ0v) is 15.5. The summed E-state index contributed by atoms with van der Waals surface area (Å²) in [5.41, 5.74) is -0.716. The molecule has 0 saturated heterocycles. The quantitative estimate of drug-likeness (QED) is 0.213. The highest BCUT2D eigenvalue weighted by Crippen LogP contribution is 2.34. The Kier molecular flexibility index (Phi) is 6.72. The van der Waals surface area contributed by atoms with Crippen LogP contribution in [0.5, 0.6) is 0 Å². The molecule has 0 heterocycles. The molecule has 0 radical (unpaired) electrons. The Balaban J connectivity index is 3.73. The van der Waals surface area contributed by atoms with Crippen molar-refractivity contribution < 1.29 is 33.0 Å². The highest BCUT2D eigenvalue weighted by Gasteiger charge is 2.38. The van der Waals surface area contributed by atoms with Crippen molar-refractivity contribution in [3.8, 4) is 0 Å². The number of benzene rings is 1. The number of ether oxygens (including phenoxy) is 3. The van der Waals surface area contributed by atoms with Crippen LogP contribution in [0.25, 0.3) is 0 Å². The van der Waals surface area contributed by atoms with Gasteiger partial charge in [-0.1, -0.05) is 0 Å². The van der Waals surface area contributed by atoms with E-state index in [2.05, 4.69) is 30.1 Å². The summed E-state index contributed by atoms with van der Waals surface area (Å²) in [6, 6.07) is 1.30. The van der Waals surface area contributed by atoms with Crippen LogP contribution in [0, 0.1) is 9.39 Å². The molecular weight excluding hydrogens is 478 g/mol. The lowest BCUT2D eigenvalue weighted by Gasteiger charge is -2.18. The third-order valence-electron chi connectivity index (χ3n) is 2.77. The van der Waals surface area contributed by atoms with E-state index < -0.39 is 35.2 Å². The molecule has 0 atom stereocenters. The second-order valence-electron chi connectivity index (χ2n) is 3.92. The third-order valence-corrected chi connectivity index (χ3v) is 5.14. The lowest BCUT2D eigenvalue weighted by atomic mass is 9.93. The summed E-state index contributed by atoms with van der Waals surface area (Å²) in [7, 11) is 3.18. The summed E-state index contributed by atoms with van der Waals surface area (Å²) in [6.07, 6.45) is 0. The van der Waals surface area contributed by atoms with Gasteiger partial charge in [0, 0.05) is 9.13 Å². The van der Waals surface area contributed by atoms with Crippen LogP contribution in [-0.4, -0.2) is 39.2 Å². The smallest absolute Gasteiger partial charge is 0.338 e. The van der Waals surface area contributed by atoms with Gasteiger partial charge >= 0.3 is 17.9 Å². The van der Waals surface area contributed by atoms with Gasteiger partial charge in [0.05, 0.1) is 31.4 Å². The number of esters is 3. The molecule has 0 saturated carbocycles. The van der Waals surface area contributed by atoms with Gasteiger partial charge in [-0.05, 0) is 44.6 Å². The predicted molar refractivity (Wildman–Crippen MR) is 84.9 cm³/mol. The Bertz CT molecular complexity index is 617. The Morgan fingerprint density at radius 2 is 1.64 bits per heavy atom. The maximum atomic E-state index is 14.6. The molecule has 0 unspecified atom stereocenters. The highest BCUT2D eigenvalue weighted by atomic mass is 127. The van der Waals surface area contributed by atoms with Crippen molar-refractivity contribution >= 4 is 56.4 Å². The number of carbonyl (C=O) groups excluding carboxylic acids is 3. The van der Waals surface area contributed by atoms with E-state index in [1.165, 1.54) is 6.07 Å². The van der Waals surface area contributed by atoms with Crippen LogP contribution in [0.3, 0.4) is 0 Å². The molecule has 0 aliphatic rings. The van der Waals surface area contributed by atoms with E-state index in [-0.39, 0.29) is 10.0 Å². The van der Waals surface area contributed by atoms with Crippen molar-refractivity contribution in [2.24, 2.45) is 0 Å². The second kappa shape index (κ2) is 7.86. The first-order valence-corrected chi connectivity index (χ1v) is 7.58. The molecule has 0 N–H and O–H groups in total. The standard InChI is InChI=1S/C13H11BrFIO6/c1-20-11(17)5-4-6(16)9(14)10(15)7(5)8(12(18)21-2)13(19)22-3/h4,8H,1-3H3. The Labute approximate surface area is 147 Å². The summed E-state index contributed by atoms with van der Waals surface area (Å²) in [5, 5.41) is 0. The fraction of sp³-hybridized carbons (Fsp3) is 0.308. The van der Waals surface area contributed by atoms with E-state index in [0.717, 1.165) is 21.3 Å². The van der Waals surface area contributed by atoms with Gasteiger partial charge in [0.1, 0.15) is 5.82 Å². The molecule has 0 bridgehead atoms. The Morgan fingerprint density at radius 3 is 2.05 bits per heavy atom. The van der Waals surface area contributed by atoms with E-state index in [0.29, 0.717) is 3.57 Å². The SMILES string of the molecule is COC(=O)c1cc(I)c(Br)c(F)c1C(C(=O)OC)C(=O)OC. The summed E-state index contributed by atoms with van der Waals surface area (Å²) in [4.78, 5) is 35.6. The molecule has 0 aliphatic heterocycles. The lowest BCUT2D eigenvalue weighted by molar-refractivity contribution is -0.154. The normalized spacial score (nSPS) is 10.3. The zero-order valence-electron chi connectivity index (χ0n) is 11.7. The molecule has 9 heteroatoms. The summed E-state index contributed by atoms with van der Waals surface area (Å²) in [5.74, 6) is -5.67. The number of rotatable bonds is 4. The molecular formula is C13H11BrFIO6. The largest absolute Gasteiger partial charge is 0.468 e. The summed E-state index contributed by atoms with van der Waals surface area (Å²) >= 11 is 4.80. The van der Waals surface area contributed by atoms with Crippen LogP contribution in [0.2, 0.25) is 0 Å². The topological polar surface area (TPSA) is 78.9 Å². The van der Waals surface area contributed by atoms with Gasteiger partial charge in [0.25, 0.3) is 0 Å². The van der Waals surface area contributed by atoms with Crippen LogP contribution >= 0.6 is 38.5 Å². The fourth-order valence-electron chi connectivity index (χ4n) is 1.74. The van der Waals surface area contributed by atoms with Crippen LogP contribution in [0.4, 0.5) is 4.39 Å². The first-order valence-electron chi connectivity index (χ1n) is 5.71. The first-order chi connectivity index (χ1) is 10.3. The van der Waals surface area contributed by atoms with E-state index in [4.69, 9.17) is 0 Å². The molecule has 0 spiro atoms. The first kappa shape index (κ1) is 18.8. The number of methoxy groups -OCH3 is 3.